The monoisotopic (exact) mass is 533 g/mol. The van der Waals surface area contributed by atoms with Crippen molar-refractivity contribution >= 4 is 34.2 Å². The van der Waals surface area contributed by atoms with Crippen LogP contribution in [0.25, 0.3) is 22.3 Å². The fourth-order valence-corrected chi connectivity index (χ4v) is 4.84. The van der Waals surface area contributed by atoms with Crippen LogP contribution in [0.2, 0.25) is 5.02 Å². The fourth-order valence-electron chi connectivity index (χ4n) is 4.62. The first-order valence-corrected chi connectivity index (χ1v) is 13.4. The number of amides is 1. The van der Waals surface area contributed by atoms with Crippen molar-refractivity contribution in [1.29, 1.82) is 0 Å². The molecule has 4 aromatic rings. The number of nitrogens with zero attached hydrogens (tertiary/aromatic N) is 4. The molecule has 1 aliphatic rings. The molecule has 1 N–H and O–H groups in total. The minimum absolute atomic E-state index is 0.0377. The van der Waals surface area contributed by atoms with Gasteiger partial charge in [-0.05, 0) is 42.8 Å². The summed E-state index contributed by atoms with van der Waals surface area (Å²) in [5.41, 5.74) is 1.62. The number of halogens is 1. The SMILES string of the molecule is O=C(CCN(CCCN1CCOCC1)c1nc(-c2ccccc2Cl)nc2ccccc12)NCc1ccco1. The molecule has 5 rings (SSSR count). The minimum atomic E-state index is -0.0377. The van der Waals surface area contributed by atoms with Crippen LogP contribution in [0.3, 0.4) is 0 Å². The minimum Gasteiger partial charge on any atom is -0.467 e. The van der Waals surface area contributed by atoms with E-state index < -0.39 is 0 Å². The molecule has 0 unspecified atom stereocenters. The Kier molecular flexibility index (Phi) is 8.86. The Bertz CT molecular complexity index is 1340. The third kappa shape index (κ3) is 6.69. The molecule has 0 spiro atoms. The summed E-state index contributed by atoms with van der Waals surface area (Å²) in [5, 5.41) is 4.50. The van der Waals surface area contributed by atoms with Crippen LogP contribution in [0, 0.1) is 0 Å². The van der Waals surface area contributed by atoms with Crippen LogP contribution in [-0.4, -0.2) is 66.7 Å². The van der Waals surface area contributed by atoms with Gasteiger partial charge in [0, 0.05) is 50.1 Å². The number of furan rings is 1. The van der Waals surface area contributed by atoms with Crippen molar-refractivity contribution in [3.05, 3.63) is 77.7 Å². The average molecular weight is 534 g/mol. The molecule has 38 heavy (non-hydrogen) atoms. The van der Waals surface area contributed by atoms with Crippen LogP contribution < -0.4 is 10.2 Å². The number of carbonyl (C=O) groups excluding carboxylic acids is 1. The van der Waals surface area contributed by atoms with Crippen molar-refractivity contribution in [2.75, 3.05) is 50.8 Å². The molecule has 0 aliphatic carbocycles. The highest BCUT2D eigenvalue weighted by Crippen LogP contribution is 2.31. The molecule has 0 atom stereocenters. The zero-order valence-corrected chi connectivity index (χ0v) is 22.1. The zero-order valence-electron chi connectivity index (χ0n) is 21.3. The largest absolute Gasteiger partial charge is 0.467 e. The summed E-state index contributed by atoms with van der Waals surface area (Å²) in [5.74, 6) is 2.08. The predicted molar refractivity (Wildman–Crippen MR) is 149 cm³/mol. The first-order valence-electron chi connectivity index (χ1n) is 13.0. The van der Waals surface area contributed by atoms with E-state index in [0.717, 1.165) is 73.9 Å². The van der Waals surface area contributed by atoms with Crippen molar-refractivity contribution in [2.45, 2.75) is 19.4 Å². The molecule has 0 bridgehead atoms. The number of fused-ring (bicyclic) bond motifs is 1. The maximum absolute atomic E-state index is 12.7. The maximum Gasteiger partial charge on any atom is 0.222 e. The first-order chi connectivity index (χ1) is 18.7. The van der Waals surface area contributed by atoms with Crippen molar-refractivity contribution in [3.8, 4) is 11.4 Å². The Morgan fingerprint density at radius 3 is 2.63 bits per heavy atom. The van der Waals surface area contributed by atoms with Gasteiger partial charge in [0.15, 0.2) is 5.82 Å². The topological polar surface area (TPSA) is 83.7 Å². The van der Waals surface area contributed by atoms with Gasteiger partial charge in [0.25, 0.3) is 0 Å². The number of morpholine rings is 1. The van der Waals surface area contributed by atoms with Crippen molar-refractivity contribution in [3.63, 3.8) is 0 Å². The van der Waals surface area contributed by atoms with E-state index in [-0.39, 0.29) is 5.91 Å². The highest BCUT2D eigenvalue weighted by atomic mass is 35.5. The highest BCUT2D eigenvalue weighted by Gasteiger charge is 2.19. The lowest BCUT2D eigenvalue weighted by Crippen LogP contribution is -2.39. The molecule has 0 saturated carbocycles. The number of hydrogen-bond acceptors (Lipinski definition) is 7. The number of hydrogen-bond donors (Lipinski definition) is 1. The Morgan fingerprint density at radius 2 is 1.82 bits per heavy atom. The maximum atomic E-state index is 12.7. The van der Waals surface area contributed by atoms with Crippen LogP contribution in [0.1, 0.15) is 18.6 Å². The molecule has 1 fully saturated rings. The van der Waals surface area contributed by atoms with E-state index in [1.807, 2.05) is 60.7 Å². The Hall–Kier alpha value is -3.46. The van der Waals surface area contributed by atoms with Crippen LogP contribution in [0.5, 0.6) is 0 Å². The van der Waals surface area contributed by atoms with Crippen molar-refractivity contribution in [2.24, 2.45) is 0 Å². The number of nitrogens with one attached hydrogen (secondary N) is 1. The molecular weight excluding hydrogens is 502 g/mol. The summed E-state index contributed by atoms with van der Waals surface area (Å²) in [7, 11) is 0. The number of ether oxygens (including phenoxy) is 1. The third-order valence-electron chi connectivity index (χ3n) is 6.65. The van der Waals surface area contributed by atoms with Gasteiger partial charge >= 0.3 is 0 Å². The van der Waals surface area contributed by atoms with Gasteiger partial charge in [-0.15, -0.1) is 0 Å². The van der Waals surface area contributed by atoms with E-state index in [2.05, 4.69) is 15.1 Å². The molecule has 9 heteroatoms. The van der Waals surface area contributed by atoms with Gasteiger partial charge in [-0.3, -0.25) is 9.69 Å². The van der Waals surface area contributed by atoms with E-state index in [1.165, 1.54) is 0 Å². The highest BCUT2D eigenvalue weighted by molar-refractivity contribution is 6.33. The van der Waals surface area contributed by atoms with Gasteiger partial charge in [0.1, 0.15) is 11.6 Å². The Labute approximate surface area is 227 Å². The zero-order chi connectivity index (χ0) is 26.2. The molecule has 1 amide bonds. The number of carbonyl (C=O) groups is 1. The number of benzene rings is 2. The van der Waals surface area contributed by atoms with Crippen LogP contribution >= 0.6 is 11.6 Å². The summed E-state index contributed by atoms with van der Waals surface area (Å²) in [6.07, 6.45) is 2.88. The molecule has 2 aromatic carbocycles. The molecule has 1 aliphatic heterocycles. The number of para-hydroxylation sites is 1. The van der Waals surface area contributed by atoms with E-state index in [4.69, 9.17) is 30.7 Å². The van der Waals surface area contributed by atoms with Crippen molar-refractivity contribution < 1.29 is 13.9 Å². The van der Waals surface area contributed by atoms with Gasteiger partial charge < -0.3 is 19.4 Å². The molecule has 3 heterocycles. The lowest BCUT2D eigenvalue weighted by atomic mass is 10.1. The number of rotatable bonds is 11. The van der Waals surface area contributed by atoms with E-state index in [0.29, 0.717) is 30.4 Å². The van der Waals surface area contributed by atoms with Gasteiger partial charge in [-0.2, -0.15) is 0 Å². The van der Waals surface area contributed by atoms with E-state index in [9.17, 15) is 4.79 Å². The predicted octanol–water partition coefficient (Wildman–Crippen LogP) is 4.78. The second kappa shape index (κ2) is 12.9. The summed E-state index contributed by atoms with van der Waals surface area (Å²) in [6.45, 7) is 6.06. The van der Waals surface area contributed by atoms with Crippen LogP contribution in [-0.2, 0) is 16.1 Å². The van der Waals surface area contributed by atoms with E-state index >= 15 is 0 Å². The summed E-state index contributed by atoms with van der Waals surface area (Å²) in [4.78, 5) is 27.2. The molecule has 0 radical (unpaired) electrons. The molecule has 8 nitrogen and oxygen atoms in total. The Balaban J connectivity index is 1.39. The second-order valence-corrected chi connectivity index (χ2v) is 9.68. The molecule has 2 aromatic heterocycles. The fraction of sp³-hybridized carbons (Fsp3) is 0.345. The van der Waals surface area contributed by atoms with E-state index in [1.54, 1.807) is 6.26 Å². The quantitative estimate of drug-likeness (QED) is 0.297. The number of anilines is 1. The lowest BCUT2D eigenvalue weighted by molar-refractivity contribution is -0.121. The molecule has 198 valence electrons. The summed E-state index contributed by atoms with van der Waals surface area (Å²) >= 11 is 6.52. The Morgan fingerprint density at radius 1 is 1.00 bits per heavy atom. The van der Waals surface area contributed by atoms with Gasteiger partial charge in [-0.1, -0.05) is 35.9 Å². The van der Waals surface area contributed by atoms with Crippen molar-refractivity contribution in [1.82, 2.24) is 20.2 Å². The molecule has 1 saturated heterocycles. The average Bonchev–Trinajstić information content (AvgIpc) is 3.48. The molecular formula is C29H32ClN5O3. The number of aromatic nitrogens is 2. The smallest absolute Gasteiger partial charge is 0.222 e. The second-order valence-electron chi connectivity index (χ2n) is 9.27. The van der Waals surface area contributed by atoms with Crippen LogP contribution in [0.4, 0.5) is 5.82 Å². The standard InChI is InChI=1S/C29H32ClN5O3/c30-25-10-3-1-8-23(25)28-32-26-11-4-2-9-24(26)29(33-28)35(14-6-13-34-16-19-37-20-17-34)15-12-27(36)31-21-22-7-5-18-38-22/h1-5,7-11,18H,6,12-17,19-21H2,(H,31,36). The first kappa shape index (κ1) is 26.2. The lowest BCUT2D eigenvalue weighted by Gasteiger charge is -2.29. The van der Waals surface area contributed by atoms with Crippen LogP contribution in [0.15, 0.2) is 71.3 Å². The van der Waals surface area contributed by atoms with Gasteiger partial charge in [0.05, 0.1) is 36.6 Å². The summed E-state index contributed by atoms with van der Waals surface area (Å²) < 4.78 is 10.8. The summed E-state index contributed by atoms with van der Waals surface area (Å²) in [6, 6.07) is 19.3. The van der Waals surface area contributed by atoms with Gasteiger partial charge in [0.2, 0.25) is 5.91 Å². The normalized spacial score (nSPS) is 14.0. The third-order valence-corrected chi connectivity index (χ3v) is 6.98. The van der Waals surface area contributed by atoms with Gasteiger partial charge in [-0.25, -0.2) is 9.97 Å².